The summed E-state index contributed by atoms with van der Waals surface area (Å²) in [5, 5.41) is 8.75. The Kier molecular flexibility index (Phi) is 3.53. The van der Waals surface area contributed by atoms with Crippen LogP contribution >= 0.6 is 0 Å². The van der Waals surface area contributed by atoms with E-state index in [4.69, 9.17) is 9.68 Å². The zero-order valence-corrected chi connectivity index (χ0v) is 11.7. The summed E-state index contributed by atoms with van der Waals surface area (Å²) in [7, 11) is 0. The number of hydrogen-bond acceptors (Lipinski definition) is 3. The summed E-state index contributed by atoms with van der Waals surface area (Å²) >= 11 is 0. The van der Waals surface area contributed by atoms with Crippen molar-refractivity contribution in [3.05, 3.63) is 66.1 Å². The van der Waals surface area contributed by atoms with E-state index in [2.05, 4.69) is 23.2 Å². The minimum Gasteiger partial charge on any atom is -0.441 e. The Labute approximate surface area is 123 Å². The normalized spacial score (nSPS) is 10.3. The second-order valence-electron chi connectivity index (χ2n) is 4.80. The van der Waals surface area contributed by atoms with Crippen molar-refractivity contribution >= 4 is 0 Å². The van der Waals surface area contributed by atoms with Crippen molar-refractivity contribution in [2.45, 2.75) is 13.3 Å². The fraction of sp³-hybridized carbons (Fsp3) is 0.111. The van der Waals surface area contributed by atoms with E-state index >= 15 is 0 Å². The molecule has 0 spiro atoms. The van der Waals surface area contributed by atoms with Crippen LogP contribution in [0.2, 0.25) is 0 Å². The summed E-state index contributed by atoms with van der Waals surface area (Å²) in [5.74, 6) is 1.27. The zero-order chi connectivity index (χ0) is 14.7. The average molecular weight is 274 g/mol. The SMILES string of the molecule is Cc1oc(-c2ccc(-c3ccccc3)cc2)nc1CC#N. The van der Waals surface area contributed by atoms with Crippen LogP contribution < -0.4 is 0 Å². The first-order valence-electron chi connectivity index (χ1n) is 6.77. The maximum absolute atomic E-state index is 8.75. The van der Waals surface area contributed by atoms with E-state index in [9.17, 15) is 0 Å². The molecule has 0 amide bonds. The van der Waals surface area contributed by atoms with E-state index < -0.39 is 0 Å². The lowest BCUT2D eigenvalue weighted by Crippen LogP contribution is -1.84. The molecule has 0 radical (unpaired) electrons. The molecular formula is C18H14N2O. The van der Waals surface area contributed by atoms with Gasteiger partial charge >= 0.3 is 0 Å². The largest absolute Gasteiger partial charge is 0.441 e. The molecule has 102 valence electrons. The minimum atomic E-state index is 0.275. The molecule has 1 aromatic heterocycles. The Morgan fingerprint density at radius 1 is 0.952 bits per heavy atom. The highest BCUT2D eigenvalue weighted by atomic mass is 16.4. The molecule has 0 N–H and O–H groups in total. The zero-order valence-electron chi connectivity index (χ0n) is 11.7. The summed E-state index contributed by atoms with van der Waals surface area (Å²) in [6, 6.07) is 20.4. The van der Waals surface area contributed by atoms with Crippen molar-refractivity contribution in [1.82, 2.24) is 4.98 Å². The molecule has 3 rings (SSSR count). The third kappa shape index (κ3) is 2.70. The van der Waals surface area contributed by atoms with Gasteiger partial charge in [-0.25, -0.2) is 4.98 Å². The molecule has 3 aromatic rings. The number of nitriles is 1. The van der Waals surface area contributed by atoms with Crippen LogP contribution in [0.1, 0.15) is 11.5 Å². The monoisotopic (exact) mass is 274 g/mol. The number of rotatable bonds is 3. The molecule has 21 heavy (non-hydrogen) atoms. The van der Waals surface area contributed by atoms with Gasteiger partial charge in [0, 0.05) is 5.56 Å². The van der Waals surface area contributed by atoms with Crippen molar-refractivity contribution in [1.29, 1.82) is 5.26 Å². The van der Waals surface area contributed by atoms with Gasteiger partial charge < -0.3 is 4.42 Å². The van der Waals surface area contributed by atoms with Crippen LogP contribution in [-0.4, -0.2) is 4.98 Å². The highest BCUT2D eigenvalue weighted by Crippen LogP contribution is 2.25. The lowest BCUT2D eigenvalue weighted by atomic mass is 10.0. The Balaban J connectivity index is 1.91. The van der Waals surface area contributed by atoms with Gasteiger partial charge in [0.25, 0.3) is 0 Å². The number of hydrogen-bond donors (Lipinski definition) is 0. The van der Waals surface area contributed by atoms with Gasteiger partial charge in [0.1, 0.15) is 5.76 Å². The fourth-order valence-corrected chi connectivity index (χ4v) is 2.23. The minimum absolute atomic E-state index is 0.275. The Hall–Kier alpha value is -2.86. The fourth-order valence-electron chi connectivity index (χ4n) is 2.23. The standard InChI is InChI=1S/C18H14N2O/c1-13-17(11-12-19)20-18(21-13)16-9-7-15(8-10-16)14-5-3-2-4-6-14/h2-10H,11H2,1H3. The molecular weight excluding hydrogens is 260 g/mol. The van der Waals surface area contributed by atoms with Crippen LogP contribution in [0.25, 0.3) is 22.6 Å². The van der Waals surface area contributed by atoms with Gasteiger partial charge in [-0.2, -0.15) is 5.26 Å². The molecule has 0 saturated heterocycles. The third-order valence-electron chi connectivity index (χ3n) is 3.38. The van der Waals surface area contributed by atoms with Crippen LogP contribution in [0.4, 0.5) is 0 Å². The highest BCUT2D eigenvalue weighted by molar-refractivity contribution is 5.67. The predicted octanol–water partition coefficient (Wildman–Crippen LogP) is 4.38. The molecule has 2 aromatic carbocycles. The maximum atomic E-state index is 8.75. The van der Waals surface area contributed by atoms with Crippen LogP contribution in [0.3, 0.4) is 0 Å². The van der Waals surface area contributed by atoms with E-state index in [0.29, 0.717) is 17.3 Å². The second kappa shape index (κ2) is 5.64. The molecule has 0 aliphatic heterocycles. The molecule has 0 fully saturated rings. The van der Waals surface area contributed by atoms with Gasteiger partial charge in [-0.15, -0.1) is 0 Å². The van der Waals surface area contributed by atoms with Gasteiger partial charge in [-0.05, 0) is 30.2 Å². The lowest BCUT2D eigenvalue weighted by Gasteiger charge is -2.02. The number of oxazole rings is 1. The van der Waals surface area contributed by atoms with Crippen molar-refractivity contribution in [2.75, 3.05) is 0 Å². The molecule has 3 heteroatoms. The second-order valence-corrected chi connectivity index (χ2v) is 4.80. The van der Waals surface area contributed by atoms with Crippen molar-refractivity contribution in [3.8, 4) is 28.7 Å². The van der Waals surface area contributed by atoms with Crippen molar-refractivity contribution < 1.29 is 4.42 Å². The molecule has 0 saturated carbocycles. The smallest absolute Gasteiger partial charge is 0.226 e. The average Bonchev–Trinajstić information content (AvgIpc) is 2.90. The molecule has 0 unspecified atom stereocenters. The molecule has 1 heterocycles. The van der Waals surface area contributed by atoms with Gasteiger partial charge in [0.2, 0.25) is 5.89 Å². The van der Waals surface area contributed by atoms with Gasteiger partial charge in [0.15, 0.2) is 0 Å². The number of benzene rings is 2. The topological polar surface area (TPSA) is 49.8 Å². The lowest BCUT2D eigenvalue weighted by molar-refractivity contribution is 0.540. The van der Waals surface area contributed by atoms with Crippen molar-refractivity contribution in [2.24, 2.45) is 0 Å². The predicted molar refractivity (Wildman–Crippen MR) is 81.4 cm³/mol. The summed E-state index contributed by atoms with van der Waals surface area (Å²) in [6.07, 6.45) is 0.275. The summed E-state index contributed by atoms with van der Waals surface area (Å²) in [5.41, 5.74) is 3.96. The van der Waals surface area contributed by atoms with Gasteiger partial charge in [-0.3, -0.25) is 0 Å². The van der Waals surface area contributed by atoms with Gasteiger partial charge in [-0.1, -0.05) is 42.5 Å². The first-order chi connectivity index (χ1) is 10.3. The Bertz CT molecular complexity index is 780. The quantitative estimate of drug-likeness (QED) is 0.712. The summed E-state index contributed by atoms with van der Waals surface area (Å²) in [4.78, 5) is 4.38. The molecule has 0 aliphatic rings. The van der Waals surface area contributed by atoms with Crippen LogP contribution in [-0.2, 0) is 6.42 Å². The van der Waals surface area contributed by atoms with E-state index in [0.717, 1.165) is 11.1 Å². The maximum Gasteiger partial charge on any atom is 0.226 e. The van der Waals surface area contributed by atoms with E-state index in [1.165, 1.54) is 5.56 Å². The number of nitrogens with zero attached hydrogens (tertiary/aromatic N) is 2. The first-order valence-corrected chi connectivity index (χ1v) is 6.77. The van der Waals surface area contributed by atoms with Crippen LogP contribution in [0, 0.1) is 18.3 Å². The number of aromatic nitrogens is 1. The molecule has 3 nitrogen and oxygen atoms in total. The highest BCUT2D eigenvalue weighted by Gasteiger charge is 2.11. The summed E-state index contributed by atoms with van der Waals surface area (Å²) in [6.45, 7) is 1.83. The Morgan fingerprint density at radius 2 is 1.57 bits per heavy atom. The third-order valence-corrected chi connectivity index (χ3v) is 3.38. The molecule has 0 aliphatic carbocycles. The van der Waals surface area contributed by atoms with Crippen LogP contribution in [0.15, 0.2) is 59.0 Å². The summed E-state index contributed by atoms with van der Waals surface area (Å²) < 4.78 is 5.64. The van der Waals surface area contributed by atoms with E-state index in [1.807, 2.05) is 49.4 Å². The van der Waals surface area contributed by atoms with Gasteiger partial charge in [0.05, 0.1) is 18.2 Å². The molecule has 0 atom stereocenters. The van der Waals surface area contributed by atoms with E-state index in [1.54, 1.807) is 0 Å². The van der Waals surface area contributed by atoms with Crippen LogP contribution in [0.5, 0.6) is 0 Å². The Morgan fingerprint density at radius 3 is 2.24 bits per heavy atom. The first kappa shape index (κ1) is 13.1. The van der Waals surface area contributed by atoms with Crippen molar-refractivity contribution in [3.63, 3.8) is 0 Å². The number of aryl methyl sites for hydroxylation is 1. The molecule has 0 bridgehead atoms. The van der Waals surface area contributed by atoms with E-state index in [-0.39, 0.29) is 6.42 Å².